The number of aromatic carboxylic acids is 1. The first-order valence-corrected chi connectivity index (χ1v) is 8.06. The molecule has 1 aromatic heterocycles. The second-order valence-electron chi connectivity index (χ2n) is 6.06. The number of amides is 1. The van der Waals surface area contributed by atoms with Crippen molar-refractivity contribution in [2.24, 2.45) is 0 Å². The van der Waals surface area contributed by atoms with E-state index in [9.17, 15) is 19.7 Å². The predicted octanol–water partition coefficient (Wildman–Crippen LogP) is 1.93. The van der Waals surface area contributed by atoms with Gasteiger partial charge in [0, 0.05) is 42.6 Å². The molecule has 2 aromatic rings. The van der Waals surface area contributed by atoms with E-state index in [1.165, 1.54) is 0 Å². The number of carbonyl (C=O) groups is 2. The van der Waals surface area contributed by atoms with Gasteiger partial charge in [-0.1, -0.05) is 0 Å². The lowest BCUT2D eigenvalue weighted by Crippen LogP contribution is -2.26. The Morgan fingerprint density at radius 3 is 2.42 bits per heavy atom. The van der Waals surface area contributed by atoms with Gasteiger partial charge in [-0.05, 0) is 30.9 Å². The molecular weight excluding hydrogens is 340 g/mol. The zero-order valence-electron chi connectivity index (χ0n) is 13.7. The second kappa shape index (κ2) is 7.26. The van der Waals surface area contributed by atoms with E-state index < -0.39 is 22.5 Å². The SMILES string of the molecule is O=C(O)c1cc(C(=O)NCCc2cnc(C3CC3)nc2)cc([N+](=O)[O-])c1. The minimum Gasteiger partial charge on any atom is -0.478 e. The number of carboxylic acids is 1. The molecule has 0 unspecified atom stereocenters. The van der Waals surface area contributed by atoms with Crippen molar-refractivity contribution < 1.29 is 19.6 Å². The fourth-order valence-electron chi connectivity index (χ4n) is 2.44. The summed E-state index contributed by atoms with van der Waals surface area (Å²) in [7, 11) is 0. The first kappa shape index (κ1) is 17.5. The number of hydrogen-bond donors (Lipinski definition) is 2. The first-order chi connectivity index (χ1) is 12.4. The van der Waals surface area contributed by atoms with Gasteiger partial charge >= 0.3 is 5.97 Å². The number of nitro groups is 1. The summed E-state index contributed by atoms with van der Waals surface area (Å²) in [5, 5.41) is 22.5. The van der Waals surface area contributed by atoms with E-state index in [1.54, 1.807) is 12.4 Å². The van der Waals surface area contributed by atoms with Gasteiger partial charge in [-0.2, -0.15) is 0 Å². The van der Waals surface area contributed by atoms with E-state index in [0.29, 0.717) is 12.3 Å². The molecule has 1 amide bonds. The molecule has 2 N–H and O–H groups in total. The molecule has 3 rings (SSSR count). The highest BCUT2D eigenvalue weighted by Gasteiger charge is 2.26. The van der Waals surface area contributed by atoms with Crippen LogP contribution in [0.5, 0.6) is 0 Å². The van der Waals surface area contributed by atoms with Crippen LogP contribution in [0.3, 0.4) is 0 Å². The van der Waals surface area contributed by atoms with Crippen molar-refractivity contribution >= 4 is 17.6 Å². The molecule has 1 aromatic carbocycles. The minimum atomic E-state index is -1.34. The van der Waals surface area contributed by atoms with Gasteiger partial charge in [0.05, 0.1) is 10.5 Å². The van der Waals surface area contributed by atoms with Crippen LogP contribution in [-0.4, -0.2) is 38.4 Å². The standard InChI is InChI=1S/C17H16N4O5/c22-16(12-5-13(17(23)24)7-14(6-12)21(25)26)18-4-3-10-8-19-15(20-9-10)11-1-2-11/h5-9,11H,1-4H2,(H,18,22)(H,23,24). The van der Waals surface area contributed by atoms with E-state index in [0.717, 1.165) is 42.4 Å². The molecule has 0 atom stereocenters. The van der Waals surface area contributed by atoms with Crippen molar-refractivity contribution in [3.63, 3.8) is 0 Å². The molecule has 9 nitrogen and oxygen atoms in total. The lowest BCUT2D eigenvalue weighted by atomic mass is 10.1. The number of nitrogens with zero attached hydrogens (tertiary/aromatic N) is 3. The largest absolute Gasteiger partial charge is 0.478 e. The molecule has 1 fully saturated rings. The predicted molar refractivity (Wildman–Crippen MR) is 90.1 cm³/mol. The third-order valence-electron chi connectivity index (χ3n) is 4.00. The highest BCUT2D eigenvalue weighted by Crippen LogP contribution is 2.37. The van der Waals surface area contributed by atoms with Crippen LogP contribution in [0.2, 0.25) is 0 Å². The number of nitrogens with one attached hydrogen (secondary N) is 1. The van der Waals surface area contributed by atoms with Gasteiger partial charge in [0.1, 0.15) is 5.82 Å². The maximum atomic E-state index is 12.2. The molecule has 0 radical (unpaired) electrons. The van der Waals surface area contributed by atoms with Crippen molar-refractivity contribution in [2.75, 3.05) is 6.54 Å². The molecule has 0 spiro atoms. The number of aromatic nitrogens is 2. The smallest absolute Gasteiger partial charge is 0.335 e. The Labute approximate surface area is 148 Å². The molecule has 1 heterocycles. The quantitative estimate of drug-likeness (QED) is 0.571. The molecule has 1 saturated carbocycles. The summed E-state index contributed by atoms with van der Waals surface area (Å²) in [5.74, 6) is -0.598. The molecule has 1 aliphatic rings. The summed E-state index contributed by atoms with van der Waals surface area (Å²) >= 11 is 0. The molecule has 0 aliphatic heterocycles. The Hall–Kier alpha value is -3.36. The Bertz CT molecular complexity index is 830. The van der Waals surface area contributed by atoms with Gasteiger partial charge in [-0.15, -0.1) is 0 Å². The molecule has 0 bridgehead atoms. The summed E-state index contributed by atoms with van der Waals surface area (Å²) in [6, 6.07) is 3.07. The van der Waals surface area contributed by atoms with Crippen LogP contribution in [0.1, 0.15) is 50.9 Å². The van der Waals surface area contributed by atoms with Crippen LogP contribution < -0.4 is 5.32 Å². The molecule has 26 heavy (non-hydrogen) atoms. The van der Waals surface area contributed by atoms with Crippen molar-refractivity contribution in [2.45, 2.75) is 25.2 Å². The molecule has 0 saturated heterocycles. The summed E-state index contributed by atoms with van der Waals surface area (Å²) in [4.78, 5) is 42.0. The van der Waals surface area contributed by atoms with E-state index in [-0.39, 0.29) is 17.7 Å². The fraction of sp³-hybridized carbons (Fsp3) is 0.294. The molecule has 9 heteroatoms. The van der Waals surface area contributed by atoms with Crippen LogP contribution in [-0.2, 0) is 6.42 Å². The summed E-state index contributed by atoms with van der Waals surface area (Å²) in [6.45, 7) is 0.274. The van der Waals surface area contributed by atoms with Gasteiger partial charge in [-0.3, -0.25) is 14.9 Å². The van der Waals surface area contributed by atoms with Gasteiger partial charge in [-0.25, -0.2) is 14.8 Å². The normalized spacial score (nSPS) is 13.2. The summed E-state index contributed by atoms with van der Waals surface area (Å²) in [5.41, 5.74) is 0.0319. The maximum absolute atomic E-state index is 12.2. The third-order valence-corrected chi connectivity index (χ3v) is 4.00. The van der Waals surface area contributed by atoms with Crippen LogP contribution in [0, 0.1) is 10.1 Å². The van der Waals surface area contributed by atoms with Crippen LogP contribution in [0.4, 0.5) is 5.69 Å². The highest BCUT2D eigenvalue weighted by atomic mass is 16.6. The average molecular weight is 356 g/mol. The van der Waals surface area contributed by atoms with Gasteiger partial charge < -0.3 is 10.4 Å². The van der Waals surface area contributed by atoms with E-state index in [2.05, 4.69) is 15.3 Å². The zero-order chi connectivity index (χ0) is 18.7. The lowest BCUT2D eigenvalue weighted by molar-refractivity contribution is -0.384. The van der Waals surface area contributed by atoms with Gasteiger partial charge in [0.2, 0.25) is 0 Å². The number of benzene rings is 1. The molecular formula is C17H16N4O5. The number of carboxylic acid groups (broad SMARTS) is 1. The van der Waals surface area contributed by atoms with Crippen molar-refractivity contribution in [3.8, 4) is 0 Å². The molecule has 134 valence electrons. The lowest BCUT2D eigenvalue weighted by Gasteiger charge is -2.07. The summed E-state index contributed by atoms with van der Waals surface area (Å²) in [6.07, 6.45) is 6.19. The van der Waals surface area contributed by atoms with Crippen LogP contribution >= 0.6 is 0 Å². The zero-order valence-corrected chi connectivity index (χ0v) is 13.7. The van der Waals surface area contributed by atoms with E-state index in [1.807, 2.05) is 0 Å². The van der Waals surface area contributed by atoms with E-state index >= 15 is 0 Å². The van der Waals surface area contributed by atoms with Crippen LogP contribution in [0.15, 0.2) is 30.6 Å². The van der Waals surface area contributed by atoms with Gasteiger partial charge in [0.15, 0.2) is 0 Å². The Kier molecular flexibility index (Phi) is 4.87. The Morgan fingerprint density at radius 2 is 1.85 bits per heavy atom. The minimum absolute atomic E-state index is 0.0723. The number of nitro benzene ring substituents is 1. The number of non-ortho nitro benzene ring substituents is 1. The molecule has 1 aliphatic carbocycles. The van der Waals surface area contributed by atoms with E-state index in [4.69, 9.17) is 5.11 Å². The third kappa shape index (κ3) is 4.18. The number of rotatable bonds is 7. The second-order valence-corrected chi connectivity index (χ2v) is 6.06. The Balaban J connectivity index is 1.62. The van der Waals surface area contributed by atoms with Crippen LogP contribution in [0.25, 0.3) is 0 Å². The highest BCUT2D eigenvalue weighted by molar-refractivity contribution is 5.98. The van der Waals surface area contributed by atoms with Crippen molar-refractivity contribution in [1.29, 1.82) is 0 Å². The Morgan fingerprint density at radius 1 is 1.19 bits per heavy atom. The maximum Gasteiger partial charge on any atom is 0.335 e. The van der Waals surface area contributed by atoms with Gasteiger partial charge in [0.25, 0.3) is 11.6 Å². The average Bonchev–Trinajstić information content (AvgIpc) is 3.47. The van der Waals surface area contributed by atoms with Crippen molar-refractivity contribution in [3.05, 3.63) is 63.2 Å². The monoisotopic (exact) mass is 356 g/mol. The fourth-order valence-corrected chi connectivity index (χ4v) is 2.44. The summed E-state index contributed by atoms with van der Waals surface area (Å²) < 4.78 is 0. The van der Waals surface area contributed by atoms with Crippen molar-refractivity contribution in [1.82, 2.24) is 15.3 Å². The number of carbonyl (C=O) groups excluding carboxylic acids is 1. The first-order valence-electron chi connectivity index (χ1n) is 8.06. The topological polar surface area (TPSA) is 135 Å². The number of hydrogen-bond acceptors (Lipinski definition) is 6.